The Hall–Kier alpha value is -2.32. The highest BCUT2D eigenvalue weighted by Crippen LogP contribution is 2.17. The average Bonchev–Trinajstić information content (AvgIpc) is 2.95. The number of aromatic nitrogens is 1. The first-order chi connectivity index (χ1) is 10.4. The van der Waals surface area contributed by atoms with E-state index in [0.717, 1.165) is 19.5 Å². The number of hydrogen-bond acceptors (Lipinski definition) is 1. The second-order valence-electron chi connectivity index (χ2n) is 5.13. The summed E-state index contributed by atoms with van der Waals surface area (Å²) in [6, 6.07) is 18.8. The van der Waals surface area contributed by atoms with Crippen molar-refractivity contribution < 1.29 is 0 Å². The van der Waals surface area contributed by atoms with Gasteiger partial charge in [0.2, 0.25) is 0 Å². The lowest BCUT2D eigenvalue weighted by Crippen LogP contribution is -2.16. The van der Waals surface area contributed by atoms with Crippen LogP contribution in [0.2, 0.25) is 0 Å². The molecule has 0 aliphatic carbocycles. The standard InChI is InChI=1S/C19H20N2/c1-2-7-16(8-3-1)9-6-13-20-14-12-17-15-21-19-11-5-4-10-18(17)19/h1-11,15,20-21H,12-14H2. The number of benzene rings is 2. The molecule has 0 saturated carbocycles. The van der Waals surface area contributed by atoms with E-state index >= 15 is 0 Å². The Kier molecular flexibility index (Phi) is 4.49. The van der Waals surface area contributed by atoms with Crippen LogP contribution in [0.1, 0.15) is 11.1 Å². The summed E-state index contributed by atoms with van der Waals surface area (Å²) in [5.74, 6) is 0. The van der Waals surface area contributed by atoms with E-state index in [1.807, 2.05) is 6.07 Å². The maximum atomic E-state index is 3.46. The lowest BCUT2D eigenvalue weighted by atomic mass is 10.1. The number of aromatic amines is 1. The van der Waals surface area contributed by atoms with Gasteiger partial charge in [0.05, 0.1) is 0 Å². The molecule has 2 aromatic carbocycles. The zero-order chi connectivity index (χ0) is 14.3. The van der Waals surface area contributed by atoms with Crippen molar-refractivity contribution in [2.45, 2.75) is 6.42 Å². The van der Waals surface area contributed by atoms with Crippen molar-refractivity contribution in [3.8, 4) is 0 Å². The lowest BCUT2D eigenvalue weighted by molar-refractivity contribution is 0.748. The molecule has 106 valence electrons. The third-order valence-electron chi connectivity index (χ3n) is 3.62. The second-order valence-corrected chi connectivity index (χ2v) is 5.13. The monoisotopic (exact) mass is 276 g/mol. The Morgan fingerprint density at radius 2 is 1.76 bits per heavy atom. The smallest absolute Gasteiger partial charge is 0.0456 e. The van der Waals surface area contributed by atoms with Gasteiger partial charge in [-0.2, -0.15) is 0 Å². The van der Waals surface area contributed by atoms with Gasteiger partial charge in [-0.05, 0) is 30.2 Å². The molecule has 0 amide bonds. The van der Waals surface area contributed by atoms with Crippen LogP contribution in [0.25, 0.3) is 17.0 Å². The fourth-order valence-corrected chi connectivity index (χ4v) is 2.51. The van der Waals surface area contributed by atoms with E-state index in [1.54, 1.807) is 0 Å². The third kappa shape index (κ3) is 3.61. The zero-order valence-corrected chi connectivity index (χ0v) is 12.0. The summed E-state index contributed by atoms with van der Waals surface area (Å²) >= 11 is 0. The first-order valence-corrected chi connectivity index (χ1v) is 7.41. The number of hydrogen-bond donors (Lipinski definition) is 2. The van der Waals surface area contributed by atoms with Crippen molar-refractivity contribution in [1.82, 2.24) is 10.3 Å². The van der Waals surface area contributed by atoms with Crippen molar-refractivity contribution in [2.75, 3.05) is 13.1 Å². The highest BCUT2D eigenvalue weighted by molar-refractivity contribution is 5.83. The average molecular weight is 276 g/mol. The van der Waals surface area contributed by atoms with Crippen molar-refractivity contribution in [2.24, 2.45) is 0 Å². The van der Waals surface area contributed by atoms with Gasteiger partial charge in [-0.1, -0.05) is 60.7 Å². The quantitative estimate of drug-likeness (QED) is 0.654. The molecule has 0 saturated heterocycles. The van der Waals surface area contributed by atoms with Crippen molar-refractivity contribution in [3.05, 3.63) is 78.0 Å². The maximum absolute atomic E-state index is 3.46. The molecule has 0 fully saturated rings. The van der Waals surface area contributed by atoms with Gasteiger partial charge >= 0.3 is 0 Å². The number of para-hydroxylation sites is 1. The summed E-state index contributed by atoms with van der Waals surface area (Å²) in [4.78, 5) is 3.32. The Balaban J connectivity index is 1.45. The molecule has 1 heterocycles. The Morgan fingerprint density at radius 3 is 2.67 bits per heavy atom. The fraction of sp³-hybridized carbons (Fsp3) is 0.158. The van der Waals surface area contributed by atoms with Crippen LogP contribution in [-0.4, -0.2) is 18.1 Å². The number of nitrogens with one attached hydrogen (secondary N) is 2. The van der Waals surface area contributed by atoms with Gasteiger partial charge in [-0.25, -0.2) is 0 Å². The van der Waals surface area contributed by atoms with Crippen LogP contribution in [-0.2, 0) is 6.42 Å². The van der Waals surface area contributed by atoms with E-state index < -0.39 is 0 Å². The van der Waals surface area contributed by atoms with E-state index in [2.05, 4.69) is 77.2 Å². The van der Waals surface area contributed by atoms with Gasteiger partial charge in [0.1, 0.15) is 0 Å². The normalized spacial score (nSPS) is 11.4. The first-order valence-electron chi connectivity index (χ1n) is 7.41. The van der Waals surface area contributed by atoms with Crippen LogP contribution in [0.5, 0.6) is 0 Å². The number of H-pyrrole nitrogens is 1. The summed E-state index contributed by atoms with van der Waals surface area (Å²) in [5, 5.41) is 4.79. The fourth-order valence-electron chi connectivity index (χ4n) is 2.51. The van der Waals surface area contributed by atoms with Crippen molar-refractivity contribution in [1.29, 1.82) is 0 Å². The van der Waals surface area contributed by atoms with Crippen molar-refractivity contribution >= 4 is 17.0 Å². The molecule has 0 aliphatic rings. The minimum atomic E-state index is 0.900. The van der Waals surface area contributed by atoms with Gasteiger partial charge < -0.3 is 10.3 Å². The summed E-state index contributed by atoms with van der Waals surface area (Å²) in [6.07, 6.45) is 7.48. The van der Waals surface area contributed by atoms with Crippen LogP contribution in [0.3, 0.4) is 0 Å². The number of rotatable bonds is 6. The summed E-state index contributed by atoms with van der Waals surface area (Å²) in [5.41, 5.74) is 3.84. The van der Waals surface area contributed by atoms with Crippen molar-refractivity contribution in [3.63, 3.8) is 0 Å². The molecule has 3 rings (SSSR count). The van der Waals surface area contributed by atoms with Gasteiger partial charge in [0.15, 0.2) is 0 Å². The molecule has 0 unspecified atom stereocenters. The molecule has 1 aromatic heterocycles. The first kappa shape index (κ1) is 13.7. The minimum Gasteiger partial charge on any atom is -0.361 e. The molecular formula is C19H20N2. The van der Waals surface area contributed by atoms with Crippen LogP contribution in [0, 0.1) is 0 Å². The number of fused-ring (bicyclic) bond motifs is 1. The molecule has 0 atom stereocenters. The van der Waals surface area contributed by atoms with E-state index in [1.165, 1.54) is 22.0 Å². The topological polar surface area (TPSA) is 27.8 Å². The molecule has 0 spiro atoms. The van der Waals surface area contributed by atoms with Crippen LogP contribution < -0.4 is 5.32 Å². The molecule has 0 aliphatic heterocycles. The highest BCUT2D eigenvalue weighted by Gasteiger charge is 2.01. The van der Waals surface area contributed by atoms with Crippen LogP contribution >= 0.6 is 0 Å². The summed E-state index contributed by atoms with van der Waals surface area (Å²) in [7, 11) is 0. The predicted molar refractivity (Wildman–Crippen MR) is 90.3 cm³/mol. The molecule has 2 heteroatoms. The Morgan fingerprint density at radius 1 is 0.952 bits per heavy atom. The Labute approximate surface area is 125 Å². The second kappa shape index (κ2) is 6.91. The highest BCUT2D eigenvalue weighted by atomic mass is 14.8. The maximum Gasteiger partial charge on any atom is 0.0456 e. The molecule has 2 nitrogen and oxygen atoms in total. The molecule has 3 aromatic rings. The molecule has 0 radical (unpaired) electrons. The van der Waals surface area contributed by atoms with E-state index in [9.17, 15) is 0 Å². The van der Waals surface area contributed by atoms with E-state index in [-0.39, 0.29) is 0 Å². The largest absolute Gasteiger partial charge is 0.361 e. The van der Waals surface area contributed by atoms with Crippen LogP contribution in [0.4, 0.5) is 0 Å². The molecule has 2 N–H and O–H groups in total. The molecule has 0 bridgehead atoms. The SMILES string of the molecule is C(=Cc1ccccc1)CNCCc1c[nH]c2ccccc12. The van der Waals surface area contributed by atoms with E-state index in [4.69, 9.17) is 0 Å². The van der Waals surface area contributed by atoms with Gasteiger partial charge in [-0.15, -0.1) is 0 Å². The third-order valence-corrected chi connectivity index (χ3v) is 3.62. The van der Waals surface area contributed by atoms with Gasteiger partial charge in [0.25, 0.3) is 0 Å². The minimum absolute atomic E-state index is 0.900. The summed E-state index contributed by atoms with van der Waals surface area (Å²) in [6.45, 7) is 1.89. The summed E-state index contributed by atoms with van der Waals surface area (Å²) < 4.78 is 0. The van der Waals surface area contributed by atoms with Crippen LogP contribution in [0.15, 0.2) is 66.9 Å². The lowest BCUT2D eigenvalue weighted by Gasteiger charge is -2.01. The predicted octanol–water partition coefficient (Wildman–Crippen LogP) is 4.01. The van der Waals surface area contributed by atoms with E-state index in [0.29, 0.717) is 0 Å². The molecular weight excluding hydrogens is 256 g/mol. The zero-order valence-electron chi connectivity index (χ0n) is 12.0. The Bertz CT molecular complexity index is 711. The van der Waals surface area contributed by atoms with Gasteiger partial charge in [-0.3, -0.25) is 0 Å². The molecule has 21 heavy (non-hydrogen) atoms. The van der Waals surface area contributed by atoms with Gasteiger partial charge in [0, 0.05) is 23.6 Å².